The van der Waals surface area contributed by atoms with Crippen LogP contribution in [0.3, 0.4) is 0 Å². The Morgan fingerprint density at radius 3 is 2.20 bits per heavy atom. The van der Waals surface area contributed by atoms with Crippen molar-refractivity contribution in [1.82, 2.24) is 0 Å². The number of thioether (sulfide) groups is 1. The quantitative estimate of drug-likeness (QED) is 0.804. The van der Waals surface area contributed by atoms with Crippen LogP contribution in [0.25, 0.3) is 0 Å². The molecule has 0 radical (unpaired) electrons. The normalized spacial score (nSPS) is 12.1. The van der Waals surface area contributed by atoms with Crippen molar-refractivity contribution in [2.75, 3.05) is 0 Å². The van der Waals surface area contributed by atoms with E-state index in [0.29, 0.717) is 23.1 Å². The lowest BCUT2D eigenvalue weighted by molar-refractivity contribution is 0.0810. The molecule has 0 atom stereocenters. The highest BCUT2D eigenvalue weighted by atomic mass is 32.2. The maximum Gasteiger partial charge on any atom is 0.288 e. The third kappa shape index (κ3) is 5.14. The van der Waals surface area contributed by atoms with Crippen LogP contribution >= 0.6 is 11.8 Å². The fourth-order valence-electron chi connectivity index (χ4n) is 1.29. The van der Waals surface area contributed by atoms with Crippen molar-refractivity contribution in [3.8, 4) is 0 Å². The van der Waals surface area contributed by atoms with Crippen molar-refractivity contribution in [3.63, 3.8) is 0 Å². The highest BCUT2D eigenvalue weighted by Gasteiger charge is 2.13. The summed E-state index contributed by atoms with van der Waals surface area (Å²) in [4.78, 5) is 0.546. The average molecular weight is 232 g/mol. The Labute approximate surface area is 92.5 Å². The van der Waals surface area contributed by atoms with Crippen LogP contribution in [0.15, 0.2) is 29.2 Å². The molecule has 15 heavy (non-hydrogen) atoms. The SMILES string of the molecule is CC(C)(O)Cc1ccc(SC(F)F)cc1. The summed E-state index contributed by atoms with van der Waals surface area (Å²) >= 11 is 0.529. The number of benzene rings is 1. The van der Waals surface area contributed by atoms with Crippen molar-refractivity contribution in [3.05, 3.63) is 29.8 Å². The van der Waals surface area contributed by atoms with Gasteiger partial charge in [-0.1, -0.05) is 23.9 Å². The summed E-state index contributed by atoms with van der Waals surface area (Å²) in [6, 6.07) is 6.83. The second-order valence-electron chi connectivity index (χ2n) is 4.01. The summed E-state index contributed by atoms with van der Waals surface area (Å²) in [6.45, 7) is 3.43. The van der Waals surface area contributed by atoms with Crippen molar-refractivity contribution < 1.29 is 13.9 Å². The van der Waals surface area contributed by atoms with Gasteiger partial charge in [0.15, 0.2) is 0 Å². The molecule has 0 heterocycles. The Morgan fingerprint density at radius 1 is 1.27 bits per heavy atom. The monoisotopic (exact) mass is 232 g/mol. The average Bonchev–Trinajstić information content (AvgIpc) is 2.05. The molecule has 0 unspecified atom stereocenters. The summed E-state index contributed by atoms with van der Waals surface area (Å²) in [5.41, 5.74) is 0.179. The third-order valence-corrected chi connectivity index (χ3v) is 2.51. The van der Waals surface area contributed by atoms with Crippen molar-refractivity contribution >= 4 is 11.8 Å². The lowest BCUT2D eigenvalue weighted by atomic mass is 9.99. The van der Waals surface area contributed by atoms with E-state index < -0.39 is 11.4 Å². The van der Waals surface area contributed by atoms with Gasteiger partial charge in [0.05, 0.1) is 5.60 Å². The molecule has 0 aromatic heterocycles. The van der Waals surface area contributed by atoms with Gasteiger partial charge in [0.25, 0.3) is 5.76 Å². The molecule has 1 aromatic rings. The van der Waals surface area contributed by atoms with Gasteiger partial charge < -0.3 is 5.11 Å². The highest BCUT2D eigenvalue weighted by molar-refractivity contribution is 7.99. The molecule has 1 rings (SSSR count). The van der Waals surface area contributed by atoms with Gasteiger partial charge in [0, 0.05) is 11.3 Å². The molecular weight excluding hydrogens is 218 g/mol. The molecule has 84 valence electrons. The van der Waals surface area contributed by atoms with E-state index in [1.165, 1.54) is 0 Å². The molecule has 0 saturated heterocycles. The van der Waals surface area contributed by atoms with Crippen LogP contribution in [0.1, 0.15) is 19.4 Å². The largest absolute Gasteiger partial charge is 0.390 e. The van der Waals surface area contributed by atoms with Crippen molar-refractivity contribution in [1.29, 1.82) is 0 Å². The van der Waals surface area contributed by atoms with Gasteiger partial charge >= 0.3 is 0 Å². The first-order chi connectivity index (χ1) is 6.87. The second-order valence-corrected chi connectivity index (χ2v) is 5.08. The van der Waals surface area contributed by atoms with E-state index in [2.05, 4.69) is 0 Å². The predicted molar refractivity (Wildman–Crippen MR) is 58.3 cm³/mol. The molecule has 1 nitrogen and oxygen atoms in total. The molecule has 0 aliphatic heterocycles. The summed E-state index contributed by atoms with van der Waals surface area (Å²) in [6.07, 6.45) is 0.520. The maximum absolute atomic E-state index is 12.0. The first kappa shape index (κ1) is 12.5. The zero-order valence-electron chi connectivity index (χ0n) is 8.71. The zero-order chi connectivity index (χ0) is 11.5. The number of halogens is 2. The molecule has 0 bridgehead atoms. The van der Waals surface area contributed by atoms with Gasteiger partial charge in [-0.25, -0.2) is 0 Å². The topological polar surface area (TPSA) is 20.2 Å². The molecule has 0 fully saturated rings. The van der Waals surface area contributed by atoms with Crippen molar-refractivity contribution in [2.24, 2.45) is 0 Å². The molecule has 1 N–H and O–H groups in total. The number of hydrogen-bond acceptors (Lipinski definition) is 2. The minimum Gasteiger partial charge on any atom is -0.390 e. The molecule has 4 heteroatoms. The van der Waals surface area contributed by atoms with E-state index in [1.54, 1.807) is 38.1 Å². The number of alkyl halides is 2. The van der Waals surface area contributed by atoms with Crippen molar-refractivity contribution in [2.45, 2.75) is 36.5 Å². The zero-order valence-corrected chi connectivity index (χ0v) is 9.52. The van der Waals surface area contributed by atoms with Crippen LogP contribution in [0.4, 0.5) is 8.78 Å². The Balaban J connectivity index is 2.64. The molecule has 0 amide bonds. The van der Waals surface area contributed by atoms with E-state index in [-0.39, 0.29) is 0 Å². The number of rotatable bonds is 4. The summed E-state index contributed by atoms with van der Waals surface area (Å²) < 4.78 is 24.0. The number of hydrogen-bond donors (Lipinski definition) is 1. The number of aliphatic hydroxyl groups is 1. The minimum absolute atomic E-state index is 0.520. The van der Waals surface area contributed by atoms with E-state index in [4.69, 9.17) is 0 Å². The van der Waals surface area contributed by atoms with Crippen LogP contribution in [0.5, 0.6) is 0 Å². The van der Waals surface area contributed by atoms with E-state index in [9.17, 15) is 13.9 Å². The predicted octanol–water partition coefficient (Wildman–Crippen LogP) is 3.31. The first-order valence-corrected chi connectivity index (χ1v) is 5.51. The van der Waals surface area contributed by atoms with Gasteiger partial charge in [0.1, 0.15) is 0 Å². The molecule has 0 aliphatic carbocycles. The van der Waals surface area contributed by atoms with Gasteiger partial charge in [-0.15, -0.1) is 0 Å². The van der Waals surface area contributed by atoms with Gasteiger partial charge in [0.2, 0.25) is 0 Å². The minimum atomic E-state index is -2.38. The van der Waals surface area contributed by atoms with Gasteiger partial charge in [-0.05, 0) is 31.5 Å². The summed E-state index contributed by atoms with van der Waals surface area (Å²) in [7, 11) is 0. The van der Waals surface area contributed by atoms with E-state index >= 15 is 0 Å². The van der Waals surface area contributed by atoms with Crippen LogP contribution in [0, 0.1) is 0 Å². The maximum atomic E-state index is 12.0. The third-order valence-electron chi connectivity index (χ3n) is 1.79. The molecule has 0 spiro atoms. The lowest BCUT2D eigenvalue weighted by Gasteiger charge is -2.16. The Morgan fingerprint density at radius 2 is 1.80 bits per heavy atom. The highest BCUT2D eigenvalue weighted by Crippen LogP contribution is 2.25. The van der Waals surface area contributed by atoms with E-state index in [0.717, 1.165) is 5.56 Å². The lowest BCUT2D eigenvalue weighted by Crippen LogP contribution is -2.21. The van der Waals surface area contributed by atoms with E-state index in [1.807, 2.05) is 0 Å². The van der Waals surface area contributed by atoms with Gasteiger partial charge in [-0.3, -0.25) is 0 Å². The van der Waals surface area contributed by atoms with Crippen LogP contribution in [-0.4, -0.2) is 16.5 Å². The molecule has 0 aliphatic rings. The Kier molecular flexibility index (Phi) is 4.11. The molecule has 0 saturated carbocycles. The standard InChI is InChI=1S/C11H14F2OS/c1-11(2,14)7-8-3-5-9(6-4-8)15-10(12)13/h3-6,10,14H,7H2,1-2H3. The molecule has 1 aromatic carbocycles. The van der Waals surface area contributed by atoms with Crippen LogP contribution < -0.4 is 0 Å². The fraction of sp³-hybridized carbons (Fsp3) is 0.455. The van der Waals surface area contributed by atoms with Gasteiger partial charge in [-0.2, -0.15) is 8.78 Å². The smallest absolute Gasteiger partial charge is 0.288 e. The fourth-order valence-corrected chi connectivity index (χ4v) is 1.79. The van der Waals surface area contributed by atoms with Crippen LogP contribution in [-0.2, 0) is 6.42 Å². The van der Waals surface area contributed by atoms with Crippen LogP contribution in [0.2, 0.25) is 0 Å². The summed E-state index contributed by atoms with van der Waals surface area (Å²) in [5.74, 6) is -2.38. The molecular formula is C11H14F2OS. The first-order valence-electron chi connectivity index (χ1n) is 4.63. The second kappa shape index (κ2) is 4.94. The Bertz CT molecular complexity index is 303. The summed E-state index contributed by atoms with van der Waals surface area (Å²) in [5, 5.41) is 9.56. The Hall–Kier alpha value is -0.610.